The molecule has 1 fully saturated rings. The number of rotatable bonds is 4. The molecular weight excluding hydrogens is 354 g/mol. The minimum absolute atomic E-state index is 0.359. The summed E-state index contributed by atoms with van der Waals surface area (Å²) in [6.07, 6.45) is 1.52. The van der Waals surface area contributed by atoms with E-state index >= 15 is 0 Å². The van der Waals surface area contributed by atoms with Gasteiger partial charge in [0.05, 0.1) is 27.2 Å². The molecule has 0 N–H and O–H groups in total. The van der Waals surface area contributed by atoms with E-state index in [1.807, 2.05) is 0 Å². The minimum atomic E-state index is -0.987. The third-order valence-corrected chi connectivity index (χ3v) is 4.99. The second-order valence-corrected chi connectivity index (χ2v) is 6.27. The summed E-state index contributed by atoms with van der Waals surface area (Å²) < 4.78 is 15.1. The number of nitrogens with zero attached hydrogens (tertiary/aromatic N) is 3. The van der Waals surface area contributed by atoms with E-state index in [0.29, 0.717) is 11.4 Å². The highest BCUT2D eigenvalue weighted by molar-refractivity contribution is 6.00. The van der Waals surface area contributed by atoms with Crippen molar-refractivity contribution in [1.82, 2.24) is 5.01 Å². The number of esters is 2. The molecule has 0 aliphatic carbocycles. The van der Waals surface area contributed by atoms with Crippen LogP contribution in [-0.2, 0) is 23.9 Å². The van der Waals surface area contributed by atoms with Gasteiger partial charge in [0.15, 0.2) is 0 Å². The fourth-order valence-electron chi connectivity index (χ4n) is 3.71. The zero-order valence-electron chi connectivity index (χ0n) is 15.5. The summed E-state index contributed by atoms with van der Waals surface area (Å²) in [6.45, 7) is 0. The van der Waals surface area contributed by atoms with Crippen LogP contribution in [0.25, 0.3) is 0 Å². The van der Waals surface area contributed by atoms with Gasteiger partial charge in [0.1, 0.15) is 17.8 Å². The fourth-order valence-corrected chi connectivity index (χ4v) is 3.71. The van der Waals surface area contributed by atoms with Gasteiger partial charge in [-0.3, -0.25) is 4.79 Å². The molecule has 1 saturated heterocycles. The van der Waals surface area contributed by atoms with Crippen LogP contribution in [0.4, 0.5) is 5.69 Å². The second-order valence-electron chi connectivity index (χ2n) is 6.27. The van der Waals surface area contributed by atoms with Crippen molar-refractivity contribution in [2.45, 2.75) is 12.1 Å². The van der Waals surface area contributed by atoms with Crippen LogP contribution in [0.1, 0.15) is 0 Å². The average molecular weight is 375 g/mol. The molecule has 144 valence electrons. The Hall–Kier alpha value is -3.10. The van der Waals surface area contributed by atoms with E-state index in [1.54, 1.807) is 36.3 Å². The maximum atomic E-state index is 12.8. The largest absolute Gasteiger partial charge is 0.497 e. The summed E-state index contributed by atoms with van der Waals surface area (Å²) in [5.74, 6) is -2.33. The number of hydrogen-bond acceptors (Lipinski definition) is 8. The smallest absolute Gasteiger partial charge is 0.329 e. The molecule has 1 aromatic rings. The standard InChI is InChI=1S/C18H21N3O6/c1-20-16(22)13-12(9-19-20)14(17(23)26-3)21(15(13)18(24)27-4)10-5-7-11(25-2)8-6-10/h5-9,12-15H,1-4H3/t12-,13+,14-,15-/m1/s1. The van der Waals surface area contributed by atoms with Gasteiger partial charge in [-0.1, -0.05) is 0 Å². The first-order valence-electron chi connectivity index (χ1n) is 8.34. The SMILES string of the molecule is COC(=O)[C@H]1[C@@H]2C=NN(C)C(=O)[C@@H]2[C@H](C(=O)OC)N1c1ccc(OC)cc1. The number of methoxy groups -OCH3 is 3. The Kier molecular flexibility index (Phi) is 5.02. The van der Waals surface area contributed by atoms with E-state index in [1.165, 1.54) is 32.5 Å². The van der Waals surface area contributed by atoms with Gasteiger partial charge in [-0.2, -0.15) is 5.10 Å². The Balaban J connectivity index is 2.15. The zero-order valence-corrected chi connectivity index (χ0v) is 15.5. The molecule has 2 aliphatic rings. The predicted molar refractivity (Wildman–Crippen MR) is 95.3 cm³/mol. The molecule has 0 spiro atoms. The zero-order chi connectivity index (χ0) is 19.7. The molecule has 0 unspecified atom stereocenters. The van der Waals surface area contributed by atoms with Crippen molar-refractivity contribution in [1.29, 1.82) is 0 Å². The van der Waals surface area contributed by atoms with Crippen molar-refractivity contribution in [3.05, 3.63) is 24.3 Å². The van der Waals surface area contributed by atoms with Crippen LogP contribution in [0, 0.1) is 11.8 Å². The van der Waals surface area contributed by atoms with Gasteiger partial charge in [-0.15, -0.1) is 0 Å². The molecule has 0 aromatic heterocycles. The first-order chi connectivity index (χ1) is 12.9. The number of benzene rings is 1. The lowest BCUT2D eigenvalue weighted by Crippen LogP contribution is -2.48. The summed E-state index contributed by atoms with van der Waals surface area (Å²) >= 11 is 0. The van der Waals surface area contributed by atoms with E-state index in [0.717, 1.165) is 0 Å². The topological polar surface area (TPSA) is 97.7 Å². The van der Waals surface area contributed by atoms with Crippen molar-refractivity contribution in [2.24, 2.45) is 16.9 Å². The van der Waals surface area contributed by atoms with Crippen LogP contribution in [0.3, 0.4) is 0 Å². The van der Waals surface area contributed by atoms with Gasteiger partial charge in [-0.25, -0.2) is 14.6 Å². The highest BCUT2D eigenvalue weighted by Crippen LogP contribution is 2.42. The fraction of sp³-hybridized carbons (Fsp3) is 0.444. The quantitative estimate of drug-likeness (QED) is 0.698. The minimum Gasteiger partial charge on any atom is -0.497 e. The first-order valence-corrected chi connectivity index (χ1v) is 8.34. The molecule has 9 heteroatoms. The number of hydrazone groups is 1. The Labute approximate surface area is 156 Å². The molecule has 3 rings (SSSR count). The number of carbonyl (C=O) groups excluding carboxylic acids is 3. The molecule has 4 atom stereocenters. The summed E-state index contributed by atoms with van der Waals surface area (Å²) in [5.41, 5.74) is 0.569. The molecule has 1 amide bonds. The monoisotopic (exact) mass is 375 g/mol. The van der Waals surface area contributed by atoms with E-state index < -0.39 is 35.9 Å². The summed E-state index contributed by atoms with van der Waals surface area (Å²) in [6, 6.07) is 4.98. The van der Waals surface area contributed by atoms with Crippen molar-refractivity contribution in [3.8, 4) is 5.75 Å². The number of carbonyl (C=O) groups is 3. The Morgan fingerprint density at radius 2 is 1.59 bits per heavy atom. The van der Waals surface area contributed by atoms with Gasteiger partial charge in [0, 0.05) is 24.9 Å². The van der Waals surface area contributed by atoms with E-state index in [-0.39, 0.29) is 5.91 Å². The van der Waals surface area contributed by atoms with Crippen molar-refractivity contribution >= 4 is 29.7 Å². The highest BCUT2D eigenvalue weighted by Gasteiger charge is 2.59. The Morgan fingerprint density at radius 3 is 2.15 bits per heavy atom. The Bertz CT molecular complexity index is 778. The lowest BCUT2D eigenvalue weighted by molar-refractivity contribution is -0.148. The van der Waals surface area contributed by atoms with Crippen LogP contribution in [-0.4, -0.2) is 69.5 Å². The van der Waals surface area contributed by atoms with Crippen LogP contribution in [0.2, 0.25) is 0 Å². The highest BCUT2D eigenvalue weighted by atomic mass is 16.5. The average Bonchev–Trinajstić information content (AvgIpc) is 3.05. The molecule has 2 heterocycles. The predicted octanol–water partition coefficient (Wildman–Crippen LogP) is 0.289. The molecular formula is C18H21N3O6. The van der Waals surface area contributed by atoms with Crippen LogP contribution in [0.5, 0.6) is 5.75 Å². The second kappa shape index (κ2) is 7.26. The summed E-state index contributed by atoms with van der Waals surface area (Å²) in [7, 11) is 5.56. The lowest BCUT2D eigenvalue weighted by Gasteiger charge is -2.30. The van der Waals surface area contributed by atoms with Gasteiger partial charge in [-0.05, 0) is 24.3 Å². The van der Waals surface area contributed by atoms with E-state index in [2.05, 4.69) is 5.10 Å². The van der Waals surface area contributed by atoms with Crippen molar-refractivity contribution in [3.63, 3.8) is 0 Å². The summed E-state index contributed by atoms with van der Waals surface area (Å²) in [4.78, 5) is 39.6. The van der Waals surface area contributed by atoms with Crippen molar-refractivity contribution < 1.29 is 28.6 Å². The van der Waals surface area contributed by atoms with Crippen LogP contribution >= 0.6 is 0 Å². The number of ether oxygens (including phenoxy) is 3. The van der Waals surface area contributed by atoms with Gasteiger partial charge in [0.2, 0.25) is 5.91 Å². The molecule has 0 bridgehead atoms. The van der Waals surface area contributed by atoms with E-state index in [9.17, 15) is 14.4 Å². The molecule has 0 saturated carbocycles. The van der Waals surface area contributed by atoms with Gasteiger partial charge < -0.3 is 19.1 Å². The van der Waals surface area contributed by atoms with Crippen LogP contribution < -0.4 is 9.64 Å². The van der Waals surface area contributed by atoms with Gasteiger partial charge >= 0.3 is 11.9 Å². The normalized spacial score (nSPS) is 26.6. The Morgan fingerprint density at radius 1 is 1.00 bits per heavy atom. The maximum Gasteiger partial charge on any atom is 0.329 e. The molecule has 0 radical (unpaired) electrons. The third kappa shape index (κ3) is 2.98. The maximum absolute atomic E-state index is 12.8. The third-order valence-electron chi connectivity index (χ3n) is 4.99. The lowest BCUT2D eigenvalue weighted by atomic mass is 9.86. The van der Waals surface area contributed by atoms with Crippen LogP contribution in [0.15, 0.2) is 29.4 Å². The van der Waals surface area contributed by atoms with E-state index in [4.69, 9.17) is 14.2 Å². The molecule has 2 aliphatic heterocycles. The number of fused-ring (bicyclic) bond motifs is 1. The van der Waals surface area contributed by atoms with Crippen molar-refractivity contribution in [2.75, 3.05) is 33.3 Å². The number of amides is 1. The molecule has 9 nitrogen and oxygen atoms in total. The molecule has 27 heavy (non-hydrogen) atoms. The number of hydrogen-bond donors (Lipinski definition) is 0. The van der Waals surface area contributed by atoms with Gasteiger partial charge in [0.25, 0.3) is 0 Å². The number of anilines is 1. The molecule has 1 aromatic carbocycles. The summed E-state index contributed by atoms with van der Waals surface area (Å²) in [5, 5.41) is 5.22. The first kappa shape index (κ1) is 18.7.